The first-order valence-corrected chi connectivity index (χ1v) is 9.70. The van der Waals surface area contributed by atoms with Crippen LogP contribution in [0.25, 0.3) is 0 Å². The van der Waals surface area contributed by atoms with Gasteiger partial charge in [-0.05, 0) is 61.1 Å². The number of rotatable bonds is 4. The third-order valence-corrected chi connectivity index (χ3v) is 6.99. The Bertz CT molecular complexity index is 759. The molecule has 116 valence electrons. The molecule has 0 bridgehead atoms. The van der Waals surface area contributed by atoms with E-state index in [2.05, 4.69) is 22.9 Å². The Hall–Kier alpha value is -1.38. The number of sulfonamides is 1. The quantitative estimate of drug-likeness (QED) is 0.928. The van der Waals surface area contributed by atoms with E-state index < -0.39 is 15.4 Å². The van der Waals surface area contributed by atoms with E-state index in [1.165, 1.54) is 17.5 Å². The molecule has 3 aliphatic rings. The molecule has 5 heteroatoms. The van der Waals surface area contributed by atoms with E-state index in [0.29, 0.717) is 18.8 Å². The molecule has 1 fully saturated rings. The fourth-order valence-corrected chi connectivity index (χ4v) is 5.98. The number of benzene rings is 1. The van der Waals surface area contributed by atoms with Gasteiger partial charge in [0.05, 0.1) is 17.2 Å². The lowest BCUT2D eigenvalue weighted by Crippen LogP contribution is -2.32. The fraction of sp³-hybridized carbons (Fsp3) is 0.588. The van der Waals surface area contributed by atoms with E-state index in [0.717, 1.165) is 24.8 Å². The zero-order chi connectivity index (χ0) is 15.4. The smallest absolute Gasteiger partial charge is 0.212 e. The highest BCUT2D eigenvalue weighted by Gasteiger charge is 2.47. The van der Waals surface area contributed by atoms with Crippen LogP contribution in [0.1, 0.15) is 60.8 Å². The molecule has 1 saturated carbocycles. The summed E-state index contributed by atoms with van der Waals surface area (Å²) in [5, 5.41) is 9.12. The van der Waals surface area contributed by atoms with Gasteiger partial charge in [-0.25, -0.2) is 13.1 Å². The zero-order valence-corrected chi connectivity index (χ0v) is 13.3. The highest BCUT2D eigenvalue weighted by Crippen LogP contribution is 2.49. The van der Waals surface area contributed by atoms with Gasteiger partial charge in [-0.1, -0.05) is 18.2 Å². The Morgan fingerprint density at radius 2 is 2.18 bits per heavy atom. The van der Waals surface area contributed by atoms with Crippen molar-refractivity contribution in [2.75, 3.05) is 5.75 Å². The third kappa shape index (κ3) is 2.35. The van der Waals surface area contributed by atoms with Gasteiger partial charge in [0.25, 0.3) is 0 Å². The molecule has 0 aliphatic heterocycles. The van der Waals surface area contributed by atoms with Crippen molar-refractivity contribution in [2.45, 2.75) is 50.5 Å². The van der Waals surface area contributed by atoms with Gasteiger partial charge in [-0.15, -0.1) is 0 Å². The third-order valence-electron chi connectivity index (χ3n) is 5.41. The van der Waals surface area contributed by atoms with Gasteiger partial charge in [0, 0.05) is 6.04 Å². The minimum Gasteiger partial charge on any atom is -0.212 e. The molecular formula is C17H20N2O2S. The summed E-state index contributed by atoms with van der Waals surface area (Å²) in [7, 11) is -3.41. The first-order valence-electron chi connectivity index (χ1n) is 8.05. The van der Waals surface area contributed by atoms with Gasteiger partial charge in [-0.2, -0.15) is 5.26 Å². The second-order valence-corrected chi connectivity index (χ2v) is 8.82. The average Bonchev–Trinajstić information content (AvgIpc) is 3.17. The maximum Gasteiger partial charge on any atom is 0.213 e. The molecule has 0 amide bonds. The molecule has 2 atom stereocenters. The molecule has 0 aromatic heterocycles. The van der Waals surface area contributed by atoms with Crippen molar-refractivity contribution in [3.8, 4) is 6.07 Å². The van der Waals surface area contributed by atoms with E-state index >= 15 is 0 Å². The average molecular weight is 316 g/mol. The SMILES string of the molecule is N#CC1(CS(=O)(=O)NC2CC3CCCc4cccc2c43)CC1. The van der Waals surface area contributed by atoms with Crippen LogP contribution in [-0.4, -0.2) is 14.2 Å². The first kappa shape index (κ1) is 14.2. The Morgan fingerprint density at radius 3 is 2.91 bits per heavy atom. The van der Waals surface area contributed by atoms with Crippen LogP contribution < -0.4 is 4.72 Å². The van der Waals surface area contributed by atoms with E-state index in [-0.39, 0.29) is 11.8 Å². The first-order chi connectivity index (χ1) is 10.5. The lowest BCUT2D eigenvalue weighted by atomic mass is 9.84. The standard InChI is InChI=1S/C17H20N2O2S/c18-10-17(7-8-17)11-22(20,21)19-15-9-13-5-1-3-12-4-2-6-14(15)16(12)13/h2,4,6,13,15,19H,1,3,5,7-9,11H2. The van der Waals surface area contributed by atoms with Gasteiger partial charge in [-0.3, -0.25) is 0 Å². The molecule has 1 N–H and O–H groups in total. The number of nitriles is 1. The maximum absolute atomic E-state index is 12.4. The fourth-order valence-electron chi connectivity index (χ4n) is 4.16. The normalized spacial score (nSPS) is 28.0. The van der Waals surface area contributed by atoms with Gasteiger partial charge >= 0.3 is 0 Å². The van der Waals surface area contributed by atoms with Gasteiger partial charge in [0.15, 0.2) is 0 Å². The topological polar surface area (TPSA) is 70.0 Å². The number of nitrogens with zero attached hydrogens (tertiary/aromatic N) is 1. The lowest BCUT2D eigenvalue weighted by Gasteiger charge is -2.20. The van der Waals surface area contributed by atoms with Gasteiger partial charge < -0.3 is 0 Å². The lowest BCUT2D eigenvalue weighted by molar-refractivity contribution is 0.496. The largest absolute Gasteiger partial charge is 0.213 e. The number of hydrogen-bond acceptors (Lipinski definition) is 3. The molecule has 4 rings (SSSR count). The van der Waals surface area contributed by atoms with Crippen molar-refractivity contribution in [3.05, 3.63) is 34.9 Å². The van der Waals surface area contributed by atoms with E-state index in [1.807, 2.05) is 6.07 Å². The summed E-state index contributed by atoms with van der Waals surface area (Å²) in [4.78, 5) is 0. The molecule has 0 radical (unpaired) electrons. The summed E-state index contributed by atoms with van der Waals surface area (Å²) in [6.45, 7) is 0. The maximum atomic E-state index is 12.4. The summed E-state index contributed by atoms with van der Waals surface area (Å²) in [5.74, 6) is 0.450. The molecular weight excluding hydrogens is 296 g/mol. The molecule has 1 aromatic carbocycles. The molecule has 4 nitrogen and oxygen atoms in total. The Labute approximate surface area is 131 Å². The van der Waals surface area contributed by atoms with Crippen molar-refractivity contribution >= 4 is 10.0 Å². The molecule has 22 heavy (non-hydrogen) atoms. The number of hydrogen-bond donors (Lipinski definition) is 1. The molecule has 0 heterocycles. The molecule has 3 aliphatic carbocycles. The highest BCUT2D eigenvalue weighted by atomic mass is 32.2. The van der Waals surface area contributed by atoms with Gasteiger partial charge in [0.2, 0.25) is 10.0 Å². The summed E-state index contributed by atoms with van der Waals surface area (Å²) in [6.07, 6.45) is 5.74. The molecule has 1 aromatic rings. The molecule has 2 unspecified atom stereocenters. The monoisotopic (exact) mass is 316 g/mol. The van der Waals surface area contributed by atoms with Crippen molar-refractivity contribution in [1.82, 2.24) is 4.72 Å². The van der Waals surface area contributed by atoms with Crippen LogP contribution in [-0.2, 0) is 16.4 Å². The minimum absolute atomic E-state index is 0.0489. The van der Waals surface area contributed by atoms with E-state index in [4.69, 9.17) is 5.26 Å². The summed E-state index contributed by atoms with van der Waals surface area (Å²) in [6, 6.07) is 8.34. The predicted molar refractivity (Wildman–Crippen MR) is 83.7 cm³/mol. The van der Waals surface area contributed by atoms with Crippen LogP contribution >= 0.6 is 0 Å². The van der Waals surface area contributed by atoms with Crippen LogP contribution in [0.15, 0.2) is 18.2 Å². The minimum atomic E-state index is -3.41. The van der Waals surface area contributed by atoms with Crippen LogP contribution in [0.4, 0.5) is 0 Å². The van der Waals surface area contributed by atoms with E-state index in [1.54, 1.807) is 0 Å². The summed E-state index contributed by atoms with van der Waals surface area (Å²) < 4.78 is 27.8. The van der Waals surface area contributed by atoms with E-state index in [9.17, 15) is 8.42 Å². The Morgan fingerprint density at radius 1 is 1.36 bits per heavy atom. The summed E-state index contributed by atoms with van der Waals surface area (Å²) in [5.41, 5.74) is 3.32. The second kappa shape index (κ2) is 4.81. The van der Waals surface area contributed by atoms with Crippen LogP contribution in [0.2, 0.25) is 0 Å². The Kier molecular flexibility index (Phi) is 3.11. The zero-order valence-electron chi connectivity index (χ0n) is 12.5. The van der Waals surface area contributed by atoms with Crippen molar-refractivity contribution in [1.29, 1.82) is 5.26 Å². The van der Waals surface area contributed by atoms with Crippen LogP contribution in [0, 0.1) is 16.7 Å². The highest BCUT2D eigenvalue weighted by molar-refractivity contribution is 7.89. The second-order valence-electron chi connectivity index (χ2n) is 7.07. The van der Waals surface area contributed by atoms with Gasteiger partial charge in [0.1, 0.15) is 0 Å². The van der Waals surface area contributed by atoms with Crippen molar-refractivity contribution in [2.24, 2.45) is 5.41 Å². The van der Waals surface area contributed by atoms with Crippen molar-refractivity contribution in [3.63, 3.8) is 0 Å². The van der Waals surface area contributed by atoms with Crippen LogP contribution in [0.5, 0.6) is 0 Å². The number of nitrogens with one attached hydrogen (secondary N) is 1. The van der Waals surface area contributed by atoms with Crippen molar-refractivity contribution < 1.29 is 8.42 Å². The number of aryl methyl sites for hydroxylation is 1. The Balaban J connectivity index is 1.59. The summed E-state index contributed by atoms with van der Waals surface area (Å²) >= 11 is 0. The predicted octanol–water partition coefficient (Wildman–Crippen LogP) is 2.77. The molecule has 0 saturated heterocycles. The molecule has 0 spiro atoms. The van der Waals surface area contributed by atoms with Crippen LogP contribution in [0.3, 0.4) is 0 Å².